The van der Waals surface area contributed by atoms with Gasteiger partial charge < -0.3 is 14.4 Å². The van der Waals surface area contributed by atoms with Gasteiger partial charge in [0.05, 0.1) is 18.9 Å². The molecule has 0 unspecified atom stereocenters. The highest BCUT2D eigenvalue weighted by Gasteiger charge is 2.14. The van der Waals surface area contributed by atoms with Gasteiger partial charge in [-0.1, -0.05) is 17.3 Å². The Balaban J connectivity index is 2.09. The zero-order chi connectivity index (χ0) is 14.8. The van der Waals surface area contributed by atoms with E-state index in [9.17, 15) is 4.79 Å². The predicted octanol–water partition coefficient (Wildman–Crippen LogP) is 3.13. The average Bonchev–Trinajstić information content (AvgIpc) is 2.92. The van der Waals surface area contributed by atoms with Crippen LogP contribution in [0.1, 0.15) is 5.56 Å². The SMILES string of the molecule is COc1ccc(-c2onc3c(CC(=O)O)cccc23)cc1. The molecule has 2 aromatic carbocycles. The predicted molar refractivity (Wildman–Crippen MR) is 77.3 cm³/mol. The molecular formula is C16H13NO4. The summed E-state index contributed by atoms with van der Waals surface area (Å²) >= 11 is 0. The van der Waals surface area contributed by atoms with Gasteiger partial charge in [-0.3, -0.25) is 4.79 Å². The summed E-state index contributed by atoms with van der Waals surface area (Å²) in [6.45, 7) is 0. The molecule has 1 aromatic heterocycles. The first-order valence-corrected chi connectivity index (χ1v) is 6.42. The standard InChI is InChI=1S/C16H13NO4/c1-20-12-7-5-10(6-8-12)16-13-4-2-3-11(9-14(18)19)15(13)17-21-16/h2-8H,9H2,1H3,(H,18,19). The number of nitrogens with zero attached hydrogens (tertiary/aromatic N) is 1. The summed E-state index contributed by atoms with van der Waals surface area (Å²) in [6, 6.07) is 12.9. The molecule has 1 N–H and O–H groups in total. The van der Waals surface area contributed by atoms with E-state index in [1.165, 1.54) is 0 Å². The van der Waals surface area contributed by atoms with E-state index in [1.807, 2.05) is 36.4 Å². The molecule has 5 nitrogen and oxygen atoms in total. The van der Waals surface area contributed by atoms with Gasteiger partial charge in [-0.05, 0) is 35.9 Å². The van der Waals surface area contributed by atoms with Crippen molar-refractivity contribution in [2.75, 3.05) is 7.11 Å². The minimum atomic E-state index is -0.892. The summed E-state index contributed by atoms with van der Waals surface area (Å²) < 4.78 is 10.5. The molecule has 0 atom stereocenters. The smallest absolute Gasteiger partial charge is 0.307 e. The highest BCUT2D eigenvalue weighted by atomic mass is 16.5. The molecule has 0 aliphatic rings. The molecule has 0 amide bonds. The average molecular weight is 283 g/mol. The van der Waals surface area contributed by atoms with E-state index in [4.69, 9.17) is 14.4 Å². The Morgan fingerprint density at radius 2 is 2.00 bits per heavy atom. The fourth-order valence-corrected chi connectivity index (χ4v) is 2.28. The number of methoxy groups -OCH3 is 1. The maximum atomic E-state index is 10.9. The van der Waals surface area contributed by atoms with Crippen LogP contribution in [-0.4, -0.2) is 23.3 Å². The van der Waals surface area contributed by atoms with Gasteiger partial charge in [0.2, 0.25) is 0 Å². The van der Waals surface area contributed by atoms with E-state index < -0.39 is 5.97 Å². The lowest BCUT2D eigenvalue weighted by atomic mass is 10.0. The van der Waals surface area contributed by atoms with E-state index in [-0.39, 0.29) is 6.42 Å². The Kier molecular flexibility index (Phi) is 3.31. The van der Waals surface area contributed by atoms with Gasteiger partial charge in [0.25, 0.3) is 0 Å². The number of hydrogen-bond acceptors (Lipinski definition) is 4. The van der Waals surface area contributed by atoms with Crippen molar-refractivity contribution in [3.63, 3.8) is 0 Å². The molecule has 1 heterocycles. The number of rotatable bonds is 4. The molecule has 0 radical (unpaired) electrons. The van der Waals surface area contributed by atoms with Crippen LogP contribution in [0.25, 0.3) is 22.2 Å². The van der Waals surface area contributed by atoms with E-state index in [0.717, 1.165) is 16.7 Å². The van der Waals surface area contributed by atoms with Crippen molar-refractivity contribution in [2.45, 2.75) is 6.42 Å². The van der Waals surface area contributed by atoms with E-state index in [1.54, 1.807) is 13.2 Å². The molecule has 0 saturated carbocycles. The Morgan fingerprint density at radius 3 is 2.67 bits per heavy atom. The number of carbonyl (C=O) groups is 1. The molecular weight excluding hydrogens is 270 g/mol. The lowest BCUT2D eigenvalue weighted by molar-refractivity contribution is -0.136. The van der Waals surface area contributed by atoms with Crippen LogP contribution < -0.4 is 4.74 Å². The maximum absolute atomic E-state index is 10.9. The third-order valence-electron chi connectivity index (χ3n) is 3.29. The molecule has 0 spiro atoms. The first-order valence-electron chi connectivity index (χ1n) is 6.42. The highest BCUT2D eigenvalue weighted by molar-refractivity contribution is 5.94. The highest BCUT2D eigenvalue weighted by Crippen LogP contribution is 2.31. The second-order valence-corrected chi connectivity index (χ2v) is 4.62. The van der Waals surface area contributed by atoms with E-state index in [2.05, 4.69) is 5.16 Å². The number of ether oxygens (including phenoxy) is 1. The van der Waals surface area contributed by atoms with Crippen LogP contribution in [0.4, 0.5) is 0 Å². The van der Waals surface area contributed by atoms with Crippen molar-refractivity contribution < 1.29 is 19.2 Å². The lowest BCUT2D eigenvalue weighted by Gasteiger charge is -2.01. The number of fused-ring (bicyclic) bond motifs is 1. The monoisotopic (exact) mass is 283 g/mol. The van der Waals surface area contributed by atoms with Gasteiger partial charge in [-0.2, -0.15) is 0 Å². The third kappa shape index (κ3) is 2.45. The second-order valence-electron chi connectivity index (χ2n) is 4.62. The maximum Gasteiger partial charge on any atom is 0.307 e. The fraction of sp³-hybridized carbons (Fsp3) is 0.125. The summed E-state index contributed by atoms with van der Waals surface area (Å²) in [7, 11) is 1.61. The molecule has 0 saturated heterocycles. The number of carboxylic acid groups (broad SMARTS) is 1. The Morgan fingerprint density at radius 1 is 1.24 bits per heavy atom. The van der Waals surface area contributed by atoms with Crippen LogP contribution in [0.15, 0.2) is 47.0 Å². The summed E-state index contributed by atoms with van der Waals surface area (Å²) in [5, 5.41) is 13.8. The third-order valence-corrected chi connectivity index (χ3v) is 3.29. The van der Waals surface area contributed by atoms with E-state index in [0.29, 0.717) is 16.8 Å². The fourth-order valence-electron chi connectivity index (χ4n) is 2.28. The summed E-state index contributed by atoms with van der Waals surface area (Å²) in [4.78, 5) is 10.9. The van der Waals surface area contributed by atoms with Crippen molar-refractivity contribution in [3.05, 3.63) is 48.0 Å². The quantitative estimate of drug-likeness (QED) is 0.796. The van der Waals surface area contributed by atoms with Gasteiger partial charge >= 0.3 is 5.97 Å². The van der Waals surface area contributed by atoms with Gasteiger partial charge in [0.15, 0.2) is 5.76 Å². The largest absolute Gasteiger partial charge is 0.497 e. The van der Waals surface area contributed by atoms with Gasteiger partial charge in [-0.15, -0.1) is 0 Å². The van der Waals surface area contributed by atoms with Crippen LogP contribution in [-0.2, 0) is 11.2 Å². The van der Waals surface area contributed by atoms with Crippen LogP contribution in [0.5, 0.6) is 5.75 Å². The van der Waals surface area contributed by atoms with Crippen molar-refractivity contribution in [1.29, 1.82) is 0 Å². The van der Waals surface area contributed by atoms with Crippen LogP contribution in [0.2, 0.25) is 0 Å². The number of carboxylic acids is 1. The van der Waals surface area contributed by atoms with Crippen molar-refractivity contribution in [3.8, 4) is 17.1 Å². The molecule has 21 heavy (non-hydrogen) atoms. The van der Waals surface area contributed by atoms with Gasteiger partial charge in [-0.25, -0.2) is 0 Å². The molecule has 106 valence electrons. The lowest BCUT2D eigenvalue weighted by Crippen LogP contribution is -2.00. The minimum absolute atomic E-state index is 0.0775. The van der Waals surface area contributed by atoms with Crippen LogP contribution in [0.3, 0.4) is 0 Å². The number of hydrogen-bond donors (Lipinski definition) is 1. The Bertz CT molecular complexity index is 790. The summed E-state index contributed by atoms with van der Waals surface area (Å²) in [5.41, 5.74) is 2.10. The Hall–Kier alpha value is -2.82. The zero-order valence-electron chi connectivity index (χ0n) is 11.4. The normalized spacial score (nSPS) is 10.7. The van der Waals surface area contributed by atoms with Crippen molar-refractivity contribution >= 4 is 16.9 Å². The first-order chi connectivity index (χ1) is 10.2. The molecule has 5 heteroatoms. The second kappa shape index (κ2) is 5.28. The van der Waals surface area contributed by atoms with Gasteiger partial charge in [0.1, 0.15) is 11.3 Å². The van der Waals surface area contributed by atoms with Crippen LogP contribution >= 0.6 is 0 Å². The molecule has 0 bridgehead atoms. The topological polar surface area (TPSA) is 72.6 Å². The van der Waals surface area contributed by atoms with Gasteiger partial charge in [0, 0.05) is 5.56 Å². The minimum Gasteiger partial charge on any atom is -0.497 e. The number of aromatic nitrogens is 1. The summed E-state index contributed by atoms with van der Waals surface area (Å²) in [5.74, 6) is 0.491. The Labute approximate surface area is 120 Å². The van der Waals surface area contributed by atoms with E-state index >= 15 is 0 Å². The summed E-state index contributed by atoms with van der Waals surface area (Å²) in [6.07, 6.45) is -0.0775. The molecule has 3 rings (SSSR count). The van der Waals surface area contributed by atoms with Crippen molar-refractivity contribution in [1.82, 2.24) is 5.16 Å². The molecule has 0 fully saturated rings. The number of aliphatic carboxylic acids is 1. The molecule has 3 aromatic rings. The molecule has 0 aliphatic heterocycles. The molecule has 0 aliphatic carbocycles. The first kappa shape index (κ1) is 13.2. The number of benzene rings is 2. The zero-order valence-corrected chi connectivity index (χ0v) is 11.4. The van der Waals surface area contributed by atoms with Crippen molar-refractivity contribution in [2.24, 2.45) is 0 Å². The van der Waals surface area contributed by atoms with Crippen LogP contribution in [0, 0.1) is 0 Å².